The van der Waals surface area contributed by atoms with Crippen LogP contribution < -0.4 is 4.74 Å². The van der Waals surface area contributed by atoms with E-state index in [-0.39, 0.29) is 25.0 Å². The topological polar surface area (TPSA) is 87.1 Å². The van der Waals surface area contributed by atoms with E-state index in [0.29, 0.717) is 37.2 Å². The molecule has 6 nitrogen and oxygen atoms in total. The number of carboxylic acid groups (broad SMARTS) is 1. The monoisotopic (exact) mass is 293 g/mol. The van der Waals surface area contributed by atoms with E-state index >= 15 is 0 Å². The van der Waals surface area contributed by atoms with E-state index in [9.17, 15) is 14.7 Å². The number of aliphatic hydroxyl groups is 1. The van der Waals surface area contributed by atoms with Gasteiger partial charge in [0.05, 0.1) is 12.5 Å². The average molecular weight is 293 g/mol. The van der Waals surface area contributed by atoms with Crippen LogP contribution in [-0.4, -0.2) is 46.7 Å². The fraction of sp³-hybridized carbons (Fsp3) is 0.467. The van der Waals surface area contributed by atoms with Crippen LogP contribution in [0.1, 0.15) is 18.4 Å². The van der Waals surface area contributed by atoms with Gasteiger partial charge in [0.15, 0.2) is 6.61 Å². The van der Waals surface area contributed by atoms with Crippen molar-refractivity contribution in [3.05, 3.63) is 29.8 Å². The fourth-order valence-corrected chi connectivity index (χ4v) is 2.38. The molecule has 1 amide bonds. The first kappa shape index (κ1) is 15.3. The summed E-state index contributed by atoms with van der Waals surface area (Å²) in [6.07, 6.45) is 0.961. The molecular weight excluding hydrogens is 274 g/mol. The summed E-state index contributed by atoms with van der Waals surface area (Å²) in [6.45, 7) is 0.644. The lowest BCUT2D eigenvalue weighted by Gasteiger charge is -2.30. The smallest absolute Gasteiger partial charge is 0.306 e. The van der Waals surface area contributed by atoms with E-state index in [4.69, 9.17) is 9.84 Å². The lowest BCUT2D eigenvalue weighted by Crippen LogP contribution is -2.42. The predicted molar refractivity (Wildman–Crippen MR) is 74.8 cm³/mol. The Balaban J connectivity index is 1.84. The SMILES string of the molecule is O=C(O)C1CCN(C(=O)COc2ccccc2CO)CC1. The number of likely N-dealkylation sites (tertiary alicyclic amines) is 1. The number of carboxylic acids is 1. The highest BCUT2D eigenvalue weighted by molar-refractivity contribution is 5.78. The van der Waals surface area contributed by atoms with Gasteiger partial charge in [-0.1, -0.05) is 18.2 Å². The van der Waals surface area contributed by atoms with Gasteiger partial charge >= 0.3 is 5.97 Å². The van der Waals surface area contributed by atoms with Crippen LogP contribution >= 0.6 is 0 Å². The van der Waals surface area contributed by atoms with Crippen LogP contribution in [0.3, 0.4) is 0 Å². The molecule has 1 aliphatic heterocycles. The minimum atomic E-state index is -0.796. The Labute approximate surface area is 122 Å². The van der Waals surface area contributed by atoms with Gasteiger partial charge in [-0.3, -0.25) is 9.59 Å². The van der Waals surface area contributed by atoms with Gasteiger partial charge in [0.25, 0.3) is 5.91 Å². The molecule has 0 spiro atoms. The number of hydrogen-bond donors (Lipinski definition) is 2. The summed E-state index contributed by atoms with van der Waals surface area (Å²) in [5.41, 5.74) is 0.634. The highest BCUT2D eigenvalue weighted by Gasteiger charge is 2.27. The van der Waals surface area contributed by atoms with Crippen LogP contribution in [0.5, 0.6) is 5.75 Å². The van der Waals surface area contributed by atoms with E-state index in [0.717, 1.165) is 0 Å². The van der Waals surface area contributed by atoms with Crippen LogP contribution in [0.15, 0.2) is 24.3 Å². The molecule has 1 saturated heterocycles. The molecule has 0 aliphatic carbocycles. The summed E-state index contributed by atoms with van der Waals surface area (Å²) in [5.74, 6) is -0.819. The number of carbonyl (C=O) groups excluding carboxylic acids is 1. The van der Waals surface area contributed by atoms with Gasteiger partial charge in [0.2, 0.25) is 0 Å². The quantitative estimate of drug-likeness (QED) is 0.841. The molecule has 1 aromatic carbocycles. The Bertz CT molecular complexity index is 509. The first-order chi connectivity index (χ1) is 10.1. The average Bonchev–Trinajstić information content (AvgIpc) is 2.52. The zero-order valence-corrected chi connectivity index (χ0v) is 11.7. The van der Waals surface area contributed by atoms with Crippen molar-refractivity contribution in [2.75, 3.05) is 19.7 Å². The number of aliphatic carboxylic acids is 1. The molecule has 0 radical (unpaired) electrons. The van der Waals surface area contributed by atoms with Crippen LogP contribution in [0.25, 0.3) is 0 Å². The molecule has 0 bridgehead atoms. The Morgan fingerprint density at radius 1 is 1.24 bits per heavy atom. The lowest BCUT2D eigenvalue weighted by molar-refractivity contribution is -0.146. The number of carbonyl (C=O) groups is 2. The molecule has 0 saturated carbocycles. The van der Waals surface area contributed by atoms with Crippen LogP contribution in [0.4, 0.5) is 0 Å². The van der Waals surface area contributed by atoms with Crippen LogP contribution in [-0.2, 0) is 16.2 Å². The van der Waals surface area contributed by atoms with Gasteiger partial charge in [0, 0.05) is 18.7 Å². The van der Waals surface area contributed by atoms with Gasteiger partial charge in [-0.15, -0.1) is 0 Å². The number of benzene rings is 1. The normalized spacial score (nSPS) is 15.8. The van der Waals surface area contributed by atoms with Crippen molar-refractivity contribution in [1.29, 1.82) is 0 Å². The molecule has 1 heterocycles. The number of ether oxygens (including phenoxy) is 1. The van der Waals surface area contributed by atoms with Gasteiger partial charge in [-0.05, 0) is 18.9 Å². The summed E-state index contributed by atoms with van der Waals surface area (Å²) >= 11 is 0. The van der Waals surface area contributed by atoms with E-state index in [2.05, 4.69) is 0 Å². The van der Waals surface area contributed by atoms with E-state index < -0.39 is 5.97 Å². The maximum absolute atomic E-state index is 12.0. The summed E-state index contributed by atoms with van der Waals surface area (Å²) in [5, 5.41) is 18.1. The predicted octanol–water partition coefficient (Wildman–Crippen LogP) is 0.881. The summed E-state index contributed by atoms with van der Waals surface area (Å²) in [4.78, 5) is 24.5. The molecule has 114 valence electrons. The highest BCUT2D eigenvalue weighted by atomic mass is 16.5. The second kappa shape index (κ2) is 7.08. The minimum Gasteiger partial charge on any atom is -0.483 e. The third-order valence-electron chi connectivity index (χ3n) is 3.69. The summed E-state index contributed by atoms with van der Waals surface area (Å²) in [7, 11) is 0. The molecule has 1 aromatic rings. The molecule has 21 heavy (non-hydrogen) atoms. The van der Waals surface area contributed by atoms with Crippen molar-refractivity contribution >= 4 is 11.9 Å². The highest BCUT2D eigenvalue weighted by Crippen LogP contribution is 2.19. The molecule has 0 unspecified atom stereocenters. The fourth-order valence-electron chi connectivity index (χ4n) is 2.38. The van der Waals surface area contributed by atoms with E-state index in [1.54, 1.807) is 29.2 Å². The maximum atomic E-state index is 12.0. The second-order valence-electron chi connectivity index (χ2n) is 5.05. The van der Waals surface area contributed by atoms with Crippen molar-refractivity contribution in [3.8, 4) is 5.75 Å². The van der Waals surface area contributed by atoms with Crippen molar-refractivity contribution in [2.45, 2.75) is 19.4 Å². The van der Waals surface area contributed by atoms with Crippen molar-refractivity contribution in [3.63, 3.8) is 0 Å². The number of para-hydroxylation sites is 1. The van der Waals surface area contributed by atoms with Crippen molar-refractivity contribution in [1.82, 2.24) is 4.90 Å². The molecule has 1 aliphatic rings. The Morgan fingerprint density at radius 2 is 1.90 bits per heavy atom. The number of piperidine rings is 1. The number of amides is 1. The number of rotatable bonds is 5. The third-order valence-corrected chi connectivity index (χ3v) is 3.69. The first-order valence-electron chi connectivity index (χ1n) is 6.94. The molecule has 6 heteroatoms. The van der Waals surface area contributed by atoms with Gasteiger partial charge in [-0.25, -0.2) is 0 Å². The van der Waals surface area contributed by atoms with E-state index in [1.807, 2.05) is 0 Å². The molecule has 2 N–H and O–H groups in total. The molecule has 0 atom stereocenters. The molecule has 0 aromatic heterocycles. The van der Waals surface area contributed by atoms with Gasteiger partial charge < -0.3 is 19.8 Å². The summed E-state index contributed by atoms with van der Waals surface area (Å²) < 4.78 is 5.45. The maximum Gasteiger partial charge on any atom is 0.306 e. The zero-order valence-electron chi connectivity index (χ0n) is 11.7. The Morgan fingerprint density at radius 3 is 2.52 bits per heavy atom. The minimum absolute atomic E-state index is 0.102. The molecule has 1 fully saturated rings. The molecular formula is C15H19NO5. The lowest BCUT2D eigenvalue weighted by atomic mass is 9.97. The number of nitrogens with zero attached hydrogens (tertiary/aromatic N) is 1. The van der Waals surface area contributed by atoms with Gasteiger partial charge in [0.1, 0.15) is 5.75 Å². The largest absolute Gasteiger partial charge is 0.483 e. The Hall–Kier alpha value is -2.08. The number of aliphatic hydroxyl groups excluding tert-OH is 1. The Kier molecular flexibility index (Phi) is 5.16. The molecule has 2 rings (SSSR count). The zero-order chi connectivity index (χ0) is 15.2. The van der Waals surface area contributed by atoms with Crippen LogP contribution in [0, 0.1) is 5.92 Å². The van der Waals surface area contributed by atoms with E-state index in [1.165, 1.54) is 0 Å². The standard InChI is InChI=1S/C15H19NO5/c17-9-12-3-1-2-4-13(12)21-10-14(18)16-7-5-11(6-8-16)15(19)20/h1-4,11,17H,5-10H2,(H,19,20). The first-order valence-corrected chi connectivity index (χ1v) is 6.94. The van der Waals surface area contributed by atoms with Gasteiger partial charge in [-0.2, -0.15) is 0 Å². The summed E-state index contributed by atoms with van der Waals surface area (Å²) in [6, 6.07) is 7.00. The number of hydrogen-bond acceptors (Lipinski definition) is 4. The third kappa shape index (κ3) is 3.95. The van der Waals surface area contributed by atoms with Crippen LogP contribution in [0.2, 0.25) is 0 Å². The van der Waals surface area contributed by atoms with Crippen molar-refractivity contribution in [2.24, 2.45) is 5.92 Å². The van der Waals surface area contributed by atoms with Crippen molar-refractivity contribution < 1.29 is 24.5 Å². The second-order valence-corrected chi connectivity index (χ2v) is 5.05.